The maximum absolute atomic E-state index is 4.61. The molecule has 1 fully saturated rings. The van der Waals surface area contributed by atoms with Gasteiger partial charge in [0.05, 0.1) is 0 Å². The Labute approximate surface area is 121 Å². The molecule has 0 saturated carbocycles. The van der Waals surface area contributed by atoms with E-state index in [0.29, 0.717) is 6.04 Å². The van der Waals surface area contributed by atoms with Gasteiger partial charge in [0.1, 0.15) is 4.60 Å². The Kier molecular flexibility index (Phi) is 3.45. The summed E-state index contributed by atoms with van der Waals surface area (Å²) in [4.78, 5) is 13.7. The van der Waals surface area contributed by atoms with E-state index in [9.17, 15) is 0 Å². The average molecular weight is 324 g/mol. The fourth-order valence-electron chi connectivity index (χ4n) is 2.69. The van der Waals surface area contributed by atoms with Gasteiger partial charge in [0, 0.05) is 37.7 Å². The van der Waals surface area contributed by atoms with Gasteiger partial charge >= 0.3 is 0 Å². The smallest absolute Gasteiger partial charge is 0.180 e. The van der Waals surface area contributed by atoms with Crippen LogP contribution in [0, 0.1) is 0 Å². The van der Waals surface area contributed by atoms with Crippen LogP contribution in [0.3, 0.4) is 0 Å². The van der Waals surface area contributed by atoms with E-state index in [2.05, 4.69) is 49.8 Å². The SMILES string of the molecule is CN(C)C1CCN(c2nc(Br)cn3ccnc23)CC1. The van der Waals surface area contributed by atoms with E-state index in [1.165, 1.54) is 12.8 Å². The molecule has 0 unspecified atom stereocenters. The first-order valence-electron chi connectivity index (χ1n) is 6.56. The molecule has 0 aliphatic carbocycles. The van der Waals surface area contributed by atoms with Crippen molar-refractivity contribution in [2.24, 2.45) is 0 Å². The van der Waals surface area contributed by atoms with E-state index < -0.39 is 0 Å². The van der Waals surface area contributed by atoms with Crippen molar-refractivity contribution >= 4 is 27.4 Å². The van der Waals surface area contributed by atoms with Crippen molar-refractivity contribution in [2.45, 2.75) is 18.9 Å². The maximum Gasteiger partial charge on any atom is 0.180 e. The molecule has 6 heteroatoms. The molecule has 0 bridgehead atoms. The highest BCUT2D eigenvalue weighted by atomic mass is 79.9. The molecule has 0 N–H and O–H groups in total. The largest absolute Gasteiger partial charge is 0.353 e. The van der Waals surface area contributed by atoms with Crippen LogP contribution >= 0.6 is 15.9 Å². The standard InChI is InChI=1S/C13H18BrN5/c1-17(2)10-3-6-18(7-4-10)13-12-15-5-8-19(12)9-11(14)16-13/h5,8-10H,3-4,6-7H2,1-2H3. The van der Waals surface area contributed by atoms with E-state index in [0.717, 1.165) is 29.2 Å². The van der Waals surface area contributed by atoms with Crippen LogP contribution in [0.25, 0.3) is 5.65 Å². The lowest BCUT2D eigenvalue weighted by molar-refractivity contribution is 0.249. The van der Waals surface area contributed by atoms with Gasteiger partial charge in [0.15, 0.2) is 11.5 Å². The molecule has 1 aliphatic rings. The molecule has 0 atom stereocenters. The number of imidazole rings is 1. The van der Waals surface area contributed by atoms with Crippen molar-refractivity contribution in [2.75, 3.05) is 32.1 Å². The van der Waals surface area contributed by atoms with E-state index in [1.54, 1.807) is 0 Å². The van der Waals surface area contributed by atoms with Crippen molar-refractivity contribution in [3.63, 3.8) is 0 Å². The average Bonchev–Trinajstić information content (AvgIpc) is 2.85. The molecular formula is C13H18BrN5. The summed E-state index contributed by atoms with van der Waals surface area (Å²) in [6.45, 7) is 2.07. The second kappa shape index (κ2) is 5.09. The maximum atomic E-state index is 4.61. The van der Waals surface area contributed by atoms with Crippen LogP contribution in [0.1, 0.15) is 12.8 Å². The minimum absolute atomic E-state index is 0.680. The molecule has 5 nitrogen and oxygen atoms in total. The summed E-state index contributed by atoms with van der Waals surface area (Å²) in [6.07, 6.45) is 8.07. The first-order valence-corrected chi connectivity index (χ1v) is 7.35. The number of hydrogen-bond acceptors (Lipinski definition) is 4. The van der Waals surface area contributed by atoms with Gasteiger partial charge in [-0.05, 0) is 42.9 Å². The molecule has 2 aromatic rings. The van der Waals surface area contributed by atoms with Gasteiger partial charge in [-0.3, -0.25) is 0 Å². The third-order valence-corrected chi connectivity index (χ3v) is 4.20. The Morgan fingerprint density at radius 1 is 1.32 bits per heavy atom. The van der Waals surface area contributed by atoms with Gasteiger partial charge < -0.3 is 14.2 Å². The highest BCUT2D eigenvalue weighted by Crippen LogP contribution is 2.25. The highest BCUT2D eigenvalue weighted by Gasteiger charge is 2.23. The molecule has 102 valence electrons. The first kappa shape index (κ1) is 12.9. The number of nitrogens with zero attached hydrogens (tertiary/aromatic N) is 5. The topological polar surface area (TPSA) is 36.7 Å². The van der Waals surface area contributed by atoms with Gasteiger partial charge in [-0.25, -0.2) is 9.97 Å². The number of halogens is 1. The number of piperidine rings is 1. The van der Waals surface area contributed by atoms with Crippen LogP contribution in [0.2, 0.25) is 0 Å². The number of rotatable bonds is 2. The fraction of sp³-hybridized carbons (Fsp3) is 0.538. The Morgan fingerprint density at radius 3 is 2.74 bits per heavy atom. The lowest BCUT2D eigenvalue weighted by Gasteiger charge is -2.35. The van der Waals surface area contributed by atoms with Gasteiger partial charge in [0.2, 0.25) is 0 Å². The van der Waals surface area contributed by atoms with Gasteiger partial charge in [-0.15, -0.1) is 0 Å². The summed E-state index contributed by atoms with van der Waals surface area (Å²) in [6, 6.07) is 0.680. The summed E-state index contributed by atoms with van der Waals surface area (Å²) >= 11 is 3.48. The Morgan fingerprint density at radius 2 is 2.05 bits per heavy atom. The predicted molar refractivity (Wildman–Crippen MR) is 79.6 cm³/mol. The molecule has 2 aromatic heterocycles. The normalized spacial score (nSPS) is 17.6. The fourth-order valence-corrected chi connectivity index (χ4v) is 3.08. The zero-order chi connectivity index (χ0) is 13.4. The van der Waals surface area contributed by atoms with Gasteiger partial charge in [0.25, 0.3) is 0 Å². The molecule has 0 spiro atoms. The summed E-state index contributed by atoms with van der Waals surface area (Å²) in [5.41, 5.74) is 0.937. The molecular weight excluding hydrogens is 306 g/mol. The number of anilines is 1. The molecule has 3 heterocycles. The molecule has 0 radical (unpaired) electrons. The summed E-state index contributed by atoms with van der Waals surface area (Å²) in [5, 5.41) is 0. The monoisotopic (exact) mass is 323 g/mol. The lowest BCUT2D eigenvalue weighted by atomic mass is 10.0. The zero-order valence-electron chi connectivity index (χ0n) is 11.3. The van der Waals surface area contributed by atoms with Crippen molar-refractivity contribution < 1.29 is 0 Å². The second-order valence-electron chi connectivity index (χ2n) is 5.23. The van der Waals surface area contributed by atoms with Crippen LogP contribution in [0.5, 0.6) is 0 Å². The Bertz CT molecular complexity index is 571. The van der Waals surface area contributed by atoms with Crippen molar-refractivity contribution in [1.82, 2.24) is 19.3 Å². The molecule has 1 aliphatic heterocycles. The van der Waals surface area contributed by atoms with Gasteiger partial charge in [-0.1, -0.05) is 0 Å². The van der Waals surface area contributed by atoms with Crippen LogP contribution in [0.4, 0.5) is 5.82 Å². The number of aromatic nitrogens is 3. The molecule has 19 heavy (non-hydrogen) atoms. The second-order valence-corrected chi connectivity index (χ2v) is 6.04. The van der Waals surface area contributed by atoms with Crippen LogP contribution in [-0.4, -0.2) is 52.5 Å². The molecule has 0 amide bonds. The summed E-state index contributed by atoms with van der Waals surface area (Å²) < 4.78 is 2.87. The summed E-state index contributed by atoms with van der Waals surface area (Å²) in [7, 11) is 4.31. The highest BCUT2D eigenvalue weighted by molar-refractivity contribution is 9.10. The molecule has 3 rings (SSSR count). The van der Waals surface area contributed by atoms with Crippen LogP contribution < -0.4 is 4.90 Å². The van der Waals surface area contributed by atoms with E-state index in [-0.39, 0.29) is 0 Å². The predicted octanol–water partition coefficient (Wildman–Crippen LogP) is 2.02. The quantitative estimate of drug-likeness (QED) is 0.847. The summed E-state index contributed by atoms with van der Waals surface area (Å²) in [5.74, 6) is 0.983. The van der Waals surface area contributed by atoms with E-state index in [1.807, 2.05) is 23.0 Å². The Hall–Kier alpha value is -1.14. The molecule has 0 aromatic carbocycles. The minimum Gasteiger partial charge on any atom is -0.353 e. The third-order valence-electron chi connectivity index (χ3n) is 3.82. The zero-order valence-corrected chi connectivity index (χ0v) is 12.8. The van der Waals surface area contributed by atoms with Crippen molar-refractivity contribution in [3.8, 4) is 0 Å². The number of hydrogen-bond donors (Lipinski definition) is 0. The van der Waals surface area contributed by atoms with Crippen molar-refractivity contribution in [3.05, 3.63) is 23.2 Å². The lowest BCUT2D eigenvalue weighted by Crippen LogP contribution is -2.42. The van der Waals surface area contributed by atoms with Crippen LogP contribution in [-0.2, 0) is 0 Å². The van der Waals surface area contributed by atoms with Crippen LogP contribution in [0.15, 0.2) is 23.2 Å². The van der Waals surface area contributed by atoms with Gasteiger partial charge in [-0.2, -0.15) is 0 Å². The Balaban J connectivity index is 1.87. The third kappa shape index (κ3) is 2.47. The minimum atomic E-state index is 0.680. The van der Waals surface area contributed by atoms with E-state index >= 15 is 0 Å². The number of fused-ring (bicyclic) bond motifs is 1. The van der Waals surface area contributed by atoms with Crippen molar-refractivity contribution in [1.29, 1.82) is 0 Å². The first-order chi connectivity index (χ1) is 9.15. The molecule has 1 saturated heterocycles. The van der Waals surface area contributed by atoms with E-state index in [4.69, 9.17) is 0 Å².